The van der Waals surface area contributed by atoms with E-state index in [1.54, 1.807) is 0 Å². The van der Waals surface area contributed by atoms with Gasteiger partial charge in [0.2, 0.25) is 0 Å². The van der Waals surface area contributed by atoms with Gasteiger partial charge in [-0.15, -0.1) is 0 Å². The third-order valence-corrected chi connectivity index (χ3v) is 3.53. The van der Waals surface area contributed by atoms with Crippen LogP contribution in [0.15, 0.2) is 24.3 Å². The zero-order valence-electron chi connectivity index (χ0n) is 9.93. The van der Waals surface area contributed by atoms with E-state index in [1.807, 2.05) is 24.3 Å². The molecule has 4 nitrogen and oxygen atoms in total. The number of hydrogen-bond donors (Lipinski definition) is 0. The number of hydrogen-bond acceptors (Lipinski definition) is 4. The molecule has 0 unspecified atom stereocenters. The zero-order valence-corrected chi connectivity index (χ0v) is 9.93. The van der Waals surface area contributed by atoms with Gasteiger partial charge >= 0.3 is 5.97 Å². The maximum atomic E-state index is 11.7. The number of cyclic esters (lactones) is 1. The minimum Gasteiger partial charge on any atom is -0.438 e. The van der Waals surface area contributed by atoms with E-state index in [1.165, 1.54) is 0 Å². The van der Waals surface area contributed by atoms with E-state index in [0.29, 0.717) is 0 Å². The van der Waals surface area contributed by atoms with Crippen molar-refractivity contribution in [2.45, 2.75) is 6.23 Å². The van der Waals surface area contributed by atoms with E-state index in [2.05, 4.69) is 16.8 Å². The van der Waals surface area contributed by atoms with Gasteiger partial charge in [-0.05, 0) is 13.1 Å². The molecule has 4 heteroatoms. The predicted octanol–water partition coefficient (Wildman–Crippen LogP) is 1.10. The quantitative estimate of drug-likeness (QED) is 0.679. The van der Waals surface area contributed by atoms with Crippen LogP contribution in [-0.4, -0.2) is 49.0 Å². The van der Waals surface area contributed by atoms with Crippen molar-refractivity contribution in [3.05, 3.63) is 35.4 Å². The van der Waals surface area contributed by atoms with Gasteiger partial charge in [0.25, 0.3) is 0 Å². The van der Waals surface area contributed by atoms with Crippen molar-refractivity contribution in [3.8, 4) is 0 Å². The molecule has 0 aromatic heterocycles. The number of carbonyl (C=O) groups is 1. The number of nitrogens with zero attached hydrogens (tertiary/aromatic N) is 2. The molecule has 1 saturated heterocycles. The summed E-state index contributed by atoms with van der Waals surface area (Å²) in [4.78, 5) is 16.3. The van der Waals surface area contributed by atoms with Crippen LogP contribution in [-0.2, 0) is 4.74 Å². The molecule has 0 saturated carbocycles. The number of piperazine rings is 1. The summed E-state index contributed by atoms with van der Waals surface area (Å²) in [7, 11) is 2.12. The average molecular weight is 232 g/mol. The lowest BCUT2D eigenvalue weighted by Crippen LogP contribution is -2.46. The fraction of sp³-hybridized carbons (Fsp3) is 0.462. The number of ether oxygens (including phenoxy) is 1. The number of rotatable bonds is 1. The second-order valence-corrected chi connectivity index (χ2v) is 4.68. The second-order valence-electron chi connectivity index (χ2n) is 4.68. The van der Waals surface area contributed by atoms with Crippen LogP contribution in [0.2, 0.25) is 0 Å². The van der Waals surface area contributed by atoms with Crippen LogP contribution in [0, 0.1) is 0 Å². The summed E-state index contributed by atoms with van der Waals surface area (Å²) in [5.74, 6) is -0.190. The number of benzene rings is 1. The van der Waals surface area contributed by atoms with Gasteiger partial charge in [0, 0.05) is 31.7 Å². The van der Waals surface area contributed by atoms with Gasteiger partial charge in [-0.3, -0.25) is 4.90 Å². The van der Waals surface area contributed by atoms with Crippen LogP contribution in [0.1, 0.15) is 22.1 Å². The van der Waals surface area contributed by atoms with Crippen molar-refractivity contribution < 1.29 is 9.53 Å². The molecular formula is C13H16N2O2. The highest BCUT2D eigenvalue weighted by Crippen LogP contribution is 2.33. The average Bonchev–Trinajstić information content (AvgIpc) is 2.69. The van der Waals surface area contributed by atoms with Crippen LogP contribution < -0.4 is 0 Å². The lowest BCUT2D eigenvalue weighted by Gasteiger charge is -2.35. The number of fused-ring (bicyclic) bond motifs is 1. The van der Waals surface area contributed by atoms with Gasteiger partial charge < -0.3 is 9.64 Å². The van der Waals surface area contributed by atoms with Gasteiger partial charge in [-0.1, -0.05) is 18.2 Å². The van der Waals surface area contributed by atoms with E-state index in [4.69, 9.17) is 4.74 Å². The molecule has 3 rings (SSSR count). The molecular weight excluding hydrogens is 216 g/mol. The summed E-state index contributed by atoms with van der Waals surface area (Å²) in [5, 5.41) is 0. The zero-order chi connectivity index (χ0) is 11.8. The first kappa shape index (κ1) is 10.7. The molecule has 17 heavy (non-hydrogen) atoms. The molecule has 2 heterocycles. The summed E-state index contributed by atoms with van der Waals surface area (Å²) in [6.45, 7) is 3.94. The van der Waals surface area contributed by atoms with E-state index in [-0.39, 0.29) is 12.2 Å². The Morgan fingerprint density at radius 1 is 1.18 bits per heavy atom. The maximum Gasteiger partial charge on any atom is 0.340 e. The van der Waals surface area contributed by atoms with Crippen LogP contribution in [0.4, 0.5) is 0 Å². The van der Waals surface area contributed by atoms with Gasteiger partial charge in [0.1, 0.15) is 0 Å². The summed E-state index contributed by atoms with van der Waals surface area (Å²) in [6.07, 6.45) is -0.174. The fourth-order valence-corrected chi connectivity index (χ4v) is 2.45. The Morgan fingerprint density at radius 2 is 1.88 bits per heavy atom. The molecule has 0 N–H and O–H groups in total. The van der Waals surface area contributed by atoms with Crippen molar-refractivity contribution in [1.82, 2.24) is 9.80 Å². The first-order chi connectivity index (χ1) is 8.25. The van der Waals surface area contributed by atoms with E-state index in [9.17, 15) is 4.79 Å². The smallest absolute Gasteiger partial charge is 0.340 e. The monoisotopic (exact) mass is 232 g/mol. The van der Waals surface area contributed by atoms with Crippen molar-refractivity contribution in [3.63, 3.8) is 0 Å². The van der Waals surface area contributed by atoms with Crippen molar-refractivity contribution >= 4 is 5.97 Å². The minimum atomic E-state index is -0.190. The van der Waals surface area contributed by atoms with E-state index in [0.717, 1.165) is 37.3 Å². The highest BCUT2D eigenvalue weighted by Gasteiger charge is 2.35. The minimum absolute atomic E-state index is 0.174. The summed E-state index contributed by atoms with van der Waals surface area (Å²) < 4.78 is 5.47. The molecule has 1 aromatic carbocycles. The molecule has 2 aliphatic rings. The normalized spacial score (nSPS) is 25.7. The van der Waals surface area contributed by atoms with Crippen molar-refractivity contribution in [2.75, 3.05) is 33.2 Å². The molecule has 2 aliphatic heterocycles. The van der Waals surface area contributed by atoms with Gasteiger partial charge in [-0.25, -0.2) is 4.79 Å². The van der Waals surface area contributed by atoms with Crippen LogP contribution in [0.5, 0.6) is 0 Å². The van der Waals surface area contributed by atoms with Crippen molar-refractivity contribution in [1.29, 1.82) is 0 Å². The van der Waals surface area contributed by atoms with Gasteiger partial charge in [0.15, 0.2) is 6.23 Å². The highest BCUT2D eigenvalue weighted by molar-refractivity contribution is 5.93. The van der Waals surface area contributed by atoms with E-state index >= 15 is 0 Å². The second kappa shape index (κ2) is 4.13. The molecule has 0 amide bonds. The molecule has 1 atom stereocenters. The SMILES string of the molecule is CN1CCN([C@H]2OC(=O)c3ccccc32)CC1. The first-order valence-electron chi connectivity index (χ1n) is 5.98. The molecule has 0 spiro atoms. The Hall–Kier alpha value is -1.39. The number of esters is 1. The summed E-state index contributed by atoms with van der Waals surface area (Å²) >= 11 is 0. The standard InChI is InChI=1S/C13H16N2O2/c1-14-6-8-15(9-7-14)12-10-4-2-3-5-11(10)13(16)17-12/h2-5,12H,6-9H2,1H3/t12-/m0/s1. The van der Waals surface area contributed by atoms with E-state index < -0.39 is 0 Å². The van der Waals surface area contributed by atoms with Gasteiger partial charge in [-0.2, -0.15) is 0 Å². The topological polar surface area (TPSA) is 32.8 Å². The van der Waals surface area contributed by atoms with Crippen LogP contribution in [0.25, 0.3) is 0 Å². The Kier molecular flexibility index (Phi) is 2.61. The Bertz CT molecular complexity index is 439. The predicted molar refractivity (Wildman–Crippen MR) is 63.7 cm³/mol. The van der Waals surface area contributed by atoms with Crippen LogP contribution in [0.3, 0.4) is 0 Å². The molecule has 0 aliphatic carbocycles. The molecule has 1 fully saturated rings. The number of carbonyl (C=O) groups excluding carboxylic acids is 1. The Morgan fingerprint density at radius 3 is 2.65 bits per heavy atom. The lowest BCUT2D eigenvalue weighted by atomic mass is 10.1. The first-order valence-corrected chi connectivity index (χ1v) is 5.98. The maximum absolute atomic E-state index is 11.7. The summed E-state index contributed by atoms with van der Waals surface area (Å²) in [5.41, 5.74) is 1.73. The number of likely N-dealkylation sites (N-methyl/N-ethyl adjacent to an activating group) is 1. The molecule has 0 bridgehead atoms. The van der Waals surface area contributed by atoms with Gasteiger partial charge in [0.05, 0.1) is 5.56 Å². The lowest BCUT2D eigenvalue weighted by molar-refractivity contribution is -0.0383. The highest BCUT2D eigenvalue weighted by atomic mass is 16.6. The van der Waals surface area contributed by atoms with Crippen LogP contribution >= 0.6 is 0 Å². The Balaban J connectivity index is 1.84. The Labute approximate surface area is 101 Å². The molecule has 0 radical (unpaired) electrons. The van der Waals surface area contributed by atoms with Crippen molar-refractivity contribution in [2.24, 2.45) is 0 Å². The fourth-order valence-electron chi connectivity index (χ4n) is 2.45. The largest absolute Gasteiger partial charge is 0.438 e. The third kappa shape index (κ3) is 1.83. The third-order valence-electron chi connectivity index (χ3n) is 3.53. The molecule has 90 valence electrons. The summed E-state index contributed by atoms with van der Waals surface area (Å²) in [6, 6.07) is 7.67. The molecule has 1 aromatic rings.